The molecule has 2 N–H and O–H groups in total. The number of aryl methyl sites for hydroxylation is 1. The Labute approximate surface area is 142 Å². The van der Waals surface area contributed by atoms with E-state index in [-0.39, 0.29) is 6.29 Å². The van der Waals surface area contributed by atoms with E-state index in [1.165, 1.54) is 0 Å². The SMILES string of the molecule is CCOC(CNC(=S)Nc1cccc2nc(C)ccc12)OCC. The van der Waals surface area contributed by atoms with Crippen LogP contribution in [0.1, 0.15) is 19.5 Å². The van der Waals surface area contributed by atoms with Gasteiger partial charge in [-0.15, -0.1) is 0 Å². The zero-order valence-electron chi connectivity index (χ0n) is 13.8. The van der Waals surface area contributed by atoms with Crippen LogP contribution in [-0.2, 0) is 9.47 Å². The maximum atomic E-state index is 5.48. The third-order valence-electron chi connectivity index (χ3n) is 3.25. The number of benzene rings is 1. The van der Waals surface area contributed by atoms with E-state index in [0.29, 0.717) is 24.9 Å². The summed E-state index contributed by atoms with van der Waals surface area (Å²) in [5, 5.41) is 7.91. The number of thiocarbonyl (C=S) groups is 1. The molecule has 0 fully saturated rings. The highest BCUT2D eigenvalue weighted by Crippen LogP contribution is 2.22. The maximum Gasteiger partial charge on any atom is 0.174 e. The molecule has 2 aromatic rings. The van der Waals surface area contributed by atoms with Crippen LogP contribution in [-0.4, -0.2) is 36.1 Å². The molecular weight excluding hydrogens is 310 g/mol. The molecule has 0 aliphatic rings. The van der Waals surface area contributed by atoms with Crippen molar-refractivity contribution in [3.63, 3.8) is 0 Å². The minimum absolute atomic E-state index is 0.304. The molecule has 5 nitrogen and oxygen atoms in total. The van der Waals surface area contributed by atoms with Crippen LogP contribution in [0.25, 0.3) is 10.9 Å². The van der Waals surface area contributed by atoms with Gasteiger partial charge in [-0.05, 0) is 57.3 Å². The first-order chi connectivity index (χ1) is 11.1. The van der Waals surface area contributed by atoms with Gasteiger partial charge in [-0.1, -0.05) is 6.07 Å². The van der Waals surface area contributed by atoms with Gasteiger partial charge in [0.05, 0.1) is 12.1 Å². The van der Waals surface area contributed by atoms with Gasteiger partial charge in [0, 0.05) is 30.0 Å². The molecule has 0 bridgehead atoms. The first-order valence-electron chi connectivity index (χ1n) is 7.78. The van der Waals surface area contributed by atoms with Gasteiger partial charge in [0.25, 0.3) is 0 Å². The summed E-state index contributed by atoms with van der Waals surface area (Å²) < 4.78 is 11.0. The van der Waals surface area contributed by atoms with E-state index in [4.69, 9.17) is 21.7 Å². The molecule has 1 aromatic heterocycles. The second kappa shape index (κ2) is 8.76. The van der Waals surface area contributed by atoms with Gasteiger partial charge in [-0.25, -0.2) is 0 Å². The van der Waals surface area contributed by atoms with Gasteiger partial charge in [-0.2, -0.15) is 0 Å². The number of ether oxygens (including phenoxy) is 2. The summed E-state index contributed by atoms with van der Waals surface area (Å²) in [4.78, 5) is 4.52. The van der Waals surface area contributed by atoms with Crippen molar-refractivity contribution in [3.8, 4) is 0 Å². The molecule has 0 spiro atoms. The summed E-state index contributed by atoms with van der Waals surface area (Å²) in [5.41, 5.74) is 2.86. The fourth-order valence-corrected chi connectivity index (χ4v) is 2.44. The van der Waals surface area contributed by atoms with Crippen molar-refractivity contribution in [3.05, 3.63) is 36.0 Å². The van der Waals surface area contributed by atoms with Crippen molar-refractivity contribution in [2.24, 2.45) is 0 Å². The van der Waals surface area contributed by atoms with Crippen LogP contribution in [0.15, 0.2) is 30.3 Å². The third kappa shape index (κ3) is 5.13. The normalized spacial score (nSPS) is 11.0. The molecule has 124 valence electrons. The Hall–Kier alpha value is -1.76. The molecule has 6 heteroatoms. The van der Waals surface area contributed by atoms with Crippen molar-refractivity contribution < 1.29 is 9.47 Å². The number of pyridine rings is 1. The van der Waals surface area contributed by atoms with Gasteiger partial charge < -0.3 is 20.1 Å². The summed E-state index contributed by atoms with van der Waals surface area (Å²) in [6.45, 7) is 7.55. The number of rotatable bonds is 7. The molecule has 2 rings (SSSR count). The number of nitrogens with one attached hydrogen (secondary N) is 2. The highest BCUT2D eigenvalue weighted by atomic mass is 32.1. The van der Waals surface area contributed by atoms with E-state index in [0.717, 1.165) is 22.3 Å². The molecule has 0 unspecified atom stereocenters. The van der Waals surface area contributed by atoms with Gasteiger partial charge in [0.15, 0.2) is 11.4 Å². The number of anilines is 1. The zero-order valence-corrected chi connectivity index (χ0v) is 14.6. The Morgan fingerprint density at radius 3 is 2.61 bits per heavy atom. The first-order valence-corrected chi connectivity index (χ1v) is 8.19. The second-order valence-electron chi connectivity index (χ2n) is 5.00. The Bertz CT molecular complexity index is 657. The van der Waals surface area contributed by atoms with Crippen molar-refractivity contribution in [1.29, 1.82) is 0 Å². The summed E-state index contributed by atoms with van der Waals surface area (Å²) in [6, 6.07) is 9.97. The molecule has 0 radical (unpaired) electrons. The quantitative estimate of drug-likeness (QED) is 0.599. The summed E-state index contributed by atoms with van der Waals surface area (Å²) in [7, 11) is 0. The average molecular weight is 333 g/mol. The molecule has 0 saturated carbocycles. The van der Waals surface area contributed by atoms with Crippen LogP contribution in [0.4, 0.5) is 5.69 Å². The lowest BCUT2D eigenvalue weighted by atomic mass is 10.1. The van der Waals surface area contributed by atoms with Gasteiger partial charge in [0.1, 0.15) is 0 Å². The molecule has 0 aliphatic heterocycles. The molecule has 0 saturated heterocycles. The lowest BCUT2D eigenvalue weighted by Crippen LogP contribution is -2.37. The molecule has 0 amide bonds. The smallest absolute Gasteiger partial charge is 0.174 e. The number of hydrogen-bond acceptors (Lipinski definition) is 4. The zero-order chi connectivity index (χ0) is 16.7. The Morgan fingerprint density at radius 1 is 1.17 bits per heavy atom. The number of nitrogens with zero attached hydrogens (tertiary/aromatic N) is 1. The van der Waals surface area contributed by atoms with Crippen molar-refractivity contribution in [2.45, 2.75) is 27.1 Å². The Balaban J connectivity index is 2.00. The molecule has 0 atom stereocenters. The summed E-state index contributed by atoms with van der Waals surface area (Å²) >= 11 is 5.36. The highest BCUT2D eigenvalue weighted by Gasteiger charge is 2.09. The van der Waals surface area contributed by atoms with E-state index in [1.54, 1.807) is 0 Å². The van der Waals surface area contributed by atoms with E-state index < -0.39 is 0 Å². The fraction of sp³-hybridized carbons (Fsp3) is 0.412. The molecule has 0 aliphatic carbocycles. The van der Waals surface area contributed by atoms with Gasteiger partial charge in [-0.3, -0.25) is 4.98 Å². The molecule has 1 aromatic carbocycles. The number of aromatic nitrogens is 1. The van der Waals surface area contributed by atoms with Crippen LogP contribution in [0.5, 0.6) is 0 Å². The van der Waals surface area contributed by atoms with Crippen LogP contribution in [0, 0.1) is 6.92 Å². The predicted molar refractivity (Wildman–Crippen MR) is 97.7 cm³/mol. The van der Waals surface area contributed by atoms with Gasteiger partial charge >= 0.3 is 0 Å². The topological polar surface area (TPSA) is 55.4 Å². The van der Waals surface area contributed by atoms with E-state index in [9.17, 15) is 0 Å². The van der Waals surface area contributed by atoms with E-state index in [1.807, 2.05) is 51.1 Å². The first kappa shape index (κ1) is 17.6. The minimum atomic E-state index is -0.304. The fourth-order valence-electron chi connectivity index (χ4n) is 2.25. The lowest BCUT2D eigenvalue weighted by molar-refractivity contribution is -0.130. The summed E-state index contributed by atoms with van der Waals surface area (Å²) in [5.74, 6) is 0. The standard InChI is InChI=1S/C17H23N3O2S/c1-4-21-16(22-5-2)11-18-17(23)20-15-8-6-7-14-13(15)10-9-12(3)19-14/h6-10,16H,4-5,11H2,1-3H3,(H2,18,20,23). The number of fused-ring (bicyclic) bond motifs is 1. The van der Waals surface area contributed by atoms with Crippen LogP contribution in [0.2, 0.25) is 0 Å². The molecular formula is C17H23N3O2S. The highest BCUT2D eigenvalue weighted by molar-refractivity contribution is 7.80. The van der Waals surface area contributed by atoms with Crippen molar-refractivity contribution in [2.75, 3.05) is 25.1 Å². The summed E-state index contributed by atoms with van der Waals surface area (Å²) in [6.07, 6.45) is -0.304. The third-order valence-corrected chi connectivity index (χ3v) is 3.50. The average Bonchev–Trinajstić information content (AvgIpc) is 2.53. The van der Waals surface area contributed by atoms with Crippen LogP contribution >= 0.6 is 12.2 Å². The van der Waals surface area contributed by atoms with Crippen LogP contribution in [0.3, 0.4) is 0 Å². The van der Waals surface area contributed by atoms with Crippen molar-refractivity contribution in [1.82, 2.24) is 10.3 Å². The largest absolute Gasteiger partial charge is 0.357 e. The van der Waals surface area contributed by atoms with E-state index >= 15 is 0 Å². The molecule has 1 heterocycles. The maximum absolute atomic E-state index is 5.48. The van der Waals surface area contributed by atoms with Crippen LogP contribution < -0.4 is 10.6 Å². The predicted octanol–water partition coefficient (Wildman–Crippen LogP) is 3.23. The van der Waals surface area contributed by atoms with Crippen molar-refractivity contribution >= 4 is 33.9 Å². The van der Waals surface area contributed by atoms with E-state index in [2.05, 4.69) is 15.6 Å². The lowest BCUT2D eigenvalue weighted by Gasteiger charge is -2.19. The second-order valence-corrected chi connectivity index (χ2v) is 5.41. The minimum Gasteiger partial charge on any atom is -0.357 e. The Kier molecular flexibility index (Phi) is 6.70. The number of hydrogen-bond donors (Lipinski definition) is 2. The monoisotopic (exact) mass is 333 g/mol. The molecule has 23 heavy (non-hydrogen) atoms. The van der Waals surface area contributed by atoms with Gasteiger partial charge in [0.2, 0.25) is 0 Å². The Morgan fingerprint density at radius 2 is 1.91 bits per heavy atom.